The molecule has 0 aliphatic rings. The molecule has 0 saturated carbocycles. The van der Waals surface area contributed by atoms with E-state index in [2.05, 4.69) is 10.6 Å². The first-order valence-electron chi connectivity index (χ1n) is 6.72. The first kappa shape index (κ1) is 17.5. The smallest absolute Gasteiger partial charge is 0.324 e. The summed E-state index contributed by atoms with van der Waals surface area (Å²) in [6.07, 6.45) is -4.49. The van der Waals surface area contributed by atoms with Crippen LogP contribution < -0.4 is 10.6 Å². The van der Waals surface area contributed by atoms with E-state index in [1.54, 1.807) is 0 Å². The van der Waals surface area contributed by atoms with E-state index in [1.807, 2.05) is 0 Å². The molecule has 0 radical (unpaired) electrons. The van der Waals surface area contributed by atoms with Crippen molar-refractivity contribution in [2.24, 2.45) is 0 Å². The number of benzene rings is 2. The number of anilines is 2. The van der Waals surface area contributed by atoms with E-state index in [4.69, 9.17) is 0 Å². The summed E-state index contributed by atoms with van der Waals surface area (Å²) >= 11 is 0. The second kappa shape index (κ2) is 6.69. The number of halogens is 4. The first-order valence-corrected chi connectivity index (χ1v) is 6.72. The molecule has 2 amide bonds. The van der Waals surface area contributed by atoms with Gasteiger partial charge in [-0.25, -0.2) is 4.39 Å². The molecule has 0 heterocycles. The Bertz CT molecular complexity index is 771. The Morgan fingerprint density at radius 2 is 1.58 bits per heavy atom. The van der Waals surface area contributed by atoms with Crippen molar-refractivity contribution in [3.8, 4) is 0 Å². The summed E-state index contributed by atoms with van der Waals surface area (Å²) in [5.41, 5.74) is -0.792. The highest BCUT2D eigenvalue weighted by Gasteiger charge is 2.30. The van der Waals surface area contributed by atoms with E-state index in [0.717, 1.165) is 30.3 Å². The molecule has 0 aromatic heterocycles. The summed E-state index contributed by atoms with van der Waals surface area (Å²) in [4.78, 5) is 23.0. The topological polar surface area (TPSA) is 58.2 Å². The first-order chi connectivity index (χ1) is 11.2. The molecule has 2 N–H and O–H groups in total. The third-order valence-electron chi connectivity index (χ3n) is 3.01. The van der Waals surface area contributed by atoms with Crippen LogP contribution in [0.1, 0.15) is 22.8 Å². The lowest BCUT2D eigenvalue weighted by molar-refractivity contribution is -0.137. The molecule has 0 unspecified atom stereocenters. The predicted octanol–water partition coefficient (Wildman–Crippen LogP) is 4.06. The van der Waals surface area contributed by atoms with Gasteiger partial charge in [-0.05, 0) is 42.5 Å². The number of alkyl halides is 3. The fourth-order valence-corrected chi connectivity index (χ4v) is 1.90. The van der Waals surface area contributed by atoms with Gasteiger partial charge in [0.15, 0.2) is 0 Å². The van der Waals surface area contributed by atoms with Crippen molar-refractivity contribution in [3.05, 3.63) is 59.4 Å². The second-order valence-electron chi connectivity index (χ2n) is 4.91. The van der Waals surface area contributed by atoms with Crippen molar-refractivity contribution in [3.63, 3.8) is 0 Å². The zero-order valence-electron chi connectivity index (χ0n) is 12.4. The van der Waals surface area contributed by atoms with Crippen LogP contribution in [0.4, 0.5) is 28.9 Å². The van der Waals surface area contributed by atoms with Gasteiger partial charge in [0.1, 0.15) is 5.82 Å². The molecule has 126 valence electrons. The molecule has 0 saturated heterocycles. The van der Waals surface area contributed by atoms with E-state index in [9.17, 15) is 27.2 Å². The van der Waals surface area contributed by atoms with Gasteiger partial charge in [0.2, 0.25) is 5.91 Å². The normalized spacial score (nSPS) is 11.0. The lowest BCUT2D eigenvalue weighted by atomic mass is 10.1. The van der Waals surface area contributed by atoms with Gasteiger partial charge in [-0.2, -0.15) is 13.2 Å². The maximum atomic E-state index is 13.5. The minimum Gasteiger partial charge on any atom is -0.324 e. The van der Waals surface area contributed by atoms with Crippen molar-refractivity contribution in [2.75, 3.05) is 10.6 Å². The number of hydrogen-bond acceptors (Lipinski definition) is 2. The standard InChI is InChI=1S/C16H12F4N2O2/c1-9(23)21-14-8-12(6-7-13(14)17)22-15(24)10-2-4-11(5-3-10)16(18,19)20/h2-8H,1H3,(H,21,23)(H,22,24). The third-order valence-corrected chi connectivity index (χ3v) is 3.01. The summed E-state index contributed by atoms with van der Waals surface area (Å²) in [5, 5.41) is 4.68. The summed E-state index contributed by atoms with van der Waals surface area (Å²) < 4.78 is 51.0. The van der Waals surface area contributed by atoms with Crippen molar-refractivity contribution in [1.29, 1.82) is 0 Å². The molecule has 0 aliphatic carbocycles. The molecule has 2 aromatic rings. The molecule has 4 nitrogen and oxygen atoms in total. The van der Waals surface area contributed by atoms with Crippen LogP contribution in [0.15, 0.2) is 42.5 Å². The van der Waals surface area contributed by atoms with Gasteiger partial charge in [0.25, 0.3) is 5.91 Å². The van der Waals surface area contributed by atoms with Gasteiger partial charge in [-0.1, -0.05) is 0 Å². The summed E-state index contributed by atoms with van der Waals surface area (Å²) in [7, 11) is 0. The number of nitrogens with one attached hydrogen (secondary N) is 2. The number of amides is 2. The highest BCUT2D eigenvalue weighted by Crippen LogP contribution is 2.29. The van der Waals surface area contributed by atoms with Gasteiger partial charge in [-0.15, -0.1) is 0 Å². The molecule has 0 aliphatic heterocycles. The van der Waals surface area contributed by atoms with Gasteiger partial charge >= 0.3 is 6.18 Å². The molecule has 0 spiro atoms. The monoisotopic (exact) mass is 340 g/mol. The van der Waals surface area contributed by atoms with E-state index >= 15 is 0 Å². The van der Waals surface area contributed by atoms with E-state index in [1.165, 1.54) is 19.1 Å². The van der Waals surface area contributed by atoms with Crippen molar-refractivity contribution < 1.29 is 27.2 Å². The maximum absolute atomic E-state index is 13.5. The Morgan fingerprint density at radius 3 is 2.12 bits per heavy atom. The second-order valence-corrected chi connectivity index (χ2v) is 4.91. The largest absolute Gasteiger partial charge is 0.416 e. The minimum absolute atomic E-state index is 0.00778. The molecule has 2 rings (SSSR count). The zero-order chi connectivity index (χ0) is 17.9. The Hall–Kier alpha value is -2.90. The predicted molar refractivity (Wildman–Crippen MR) is 80.1 cm³/mol. The van der Waals surface area contributed by atoms with Crippen LogP contribution >= 0.6 is 0 Å². The van der Waals surface area contributed by atoms with Crippen LogP contribution in [0.25, 0.3) is 0 Å². The number of rotatable bonds is 3. The van der Waals surface area contributed by atoms with Gasteiger partial charge in [-0.3, -0.25) is 9.59 Å². The van der Waals surface area contributed by atoms with Crippen LogP contribution in [0.3, 0.4) is 0 Å². The Kier molecular flexibility index (Phi) is 4.87. The molecular formula is C16H12F4N2O2. The molecule has 8 heteroatoms. The summed E-state index contributed by atoms with van der Waals surface area (Å²) in [6, 6.07) is 7.19. The number of carbonyl (C=O) groups is 2. The molecule has 0 bridgehead atoms. The Morgan fingerprint density at radius 1 is 0.958 bits per heavy atom. The van der Waals surface area contributed by atoms with Crippen LogP contribution in [0, 0.1) is 5.82 Å². The average Bonchev–Trinajstić information content (AvgIpc) is 2.49. The SMILES string of the molecule is CC(=O)Nc1cc(NC(=O)c2ccc(C(F)(F)F)cc2)ccc1F. The number of carbonyl (C=O) groups excluding carboxylic acids is 2. The van der Waals surface area contributed by atoms with E-state index in [-0.39, 0.29) is 16.9 Å². The lowest BCUT2D eigenvalue weighted by Gasteiger charge is -2.10. The van der Waals surface area contributed by atoms with Gasteiger partial charge in [0.05, 0.1) is 11.3 Å². The van der Waals surface area contributed by atoms with Crippen LogP contribution in [-0.2, 0) is 11.0 Å². The molecule has 0 fully saturated rings. The zero-order valence-corrected chi connectivity index (χ0v) is 12.4. The van der Waals surface area contributed by atoms with Crippen LogP contribution in [0.2, 0.25) is 0 Å². The van der Waals surface area contributed by atoms with Crippen LogP contribution in [-0.4, -0.2) is 11.8 Å². The third kappa shape index (κ3) is 4.31. The summed E-state index contributed by atoms with van der Waals surface area (Å²) in [5.74, 6) is -1.83. The van der Waals surface area contributed by atoms with E-state index < -0.39 is 29.4 Å². The highest BCUT2D eigenvalue weighted by molar-refractivity contribution is 6.04. The fourth-order valence-electron chi connectivity index (χ4n) is 1.90. The minimum atomic E-state index is -4.49. The van der Waals surface area contributed by atoms with Gasteiger partial charge < -0.3 is 10.6 Å². The van der Waals surface area contributed by atoms with Crippen LogP contribution in [0.5, 0.6) is 0 Å². The van der Waals surface area contributed by atoms with Crippen molar-refractivity contribution >= 4 is 23.2 Å². The number of hydrogen-bond donors (Lipinski definition) is 2. The average molecular weight is 340 g/mol. The maximum Gasteiger partial charge on any atom is 0.416 e. The lowest BCUT2D eigenvalue weighted by Crippen LogP contribution is -2.14. The van der Waals surface area contributed by atoms with E-state index in [0.29, 0.717) is 0 Å². The Labute approximate surface area is 134 Å². The molecule has 24 heavy (non-hydrogen) atoms. The fraction of sp³-hybridized carbons (Fsp3) is 0.125. The summed E-state index contributed by atoms with van der Waals surface area (Å²) in [6.45, 7) is 1.20. The molecule has 0 atom stereocenters. The molecular weight excluding hydrogens is 328 g/mol. The van der Waals surface area contributed by atoms with Crippen molar-refractivity contribution in [1.82, 2.24) is 0 Å². The highest BCUT2D eigenvalue weighted by atomic mass is 19.4. The Balaban J connectivity index is 2.16. The quantitative estimate of drug-likeness (QED) is 0.828. The van der Waals surface area contributed by atoms with Crippen molar-refractivity contribution in [2.45, 2.75) is 13.1 Å². The molecule has 2 aromatic carbocycles. The van der Waals surface area contributed by atoms with Gasteiger partial charge in [0, 0.05) is 18.2 Å².